The molecular weight excluding hydrogens is 160 g/mol. The van der Waals surface area contributed by atoms with Crippen LogP contribution < -0.4 is 0 Å². The second-order valence-electron chi connectivity index (χ2n) is 3.00. The van der Waals surface area contributed by atoms with Crippen LogP contribution in [-0.4, -0.2) is 22.2 Å². The van der Waals surface area contributed by atoms with E-state index in [1.807, 2.05) is 0 Å². The van der Waals surface area contributed by atoms with Crippen LogP contribution in [-0.2, 0) is 9.59 Å². The first kappa shape index (κ1) is 8.77. The van der Waals surface area contributed by atoms with Crippen molar-refractivity contribution in [3.05, 3.63) is 11.1 Å². The predicted molar refractivity (Wildman–Crippen MR) is 40.6 cm³/mol. The van der Waals surface area contributed by atoms with E-state index >= 15 is 0 Å². The molecule has 0 aliphatic heterocycles. The number of rotatable bonds is 2. The second-order valence-corrected chi connectivity index (χ2v) is 3.00. The van der Waals surface area contributed by atoms with E-state index in [0.717, 1.165) is 0 Å². The highest BCUT2D eigenvalue weighted by Gasteiger charge is 2.45. The minimum absolute atomic E-state index is 0.676. The zero-order valence-corrected chi connectivity index (χ0v) is 6.87. The highest BCUT2D eigenvalue weighted by atomic mass is 16.4. The number of aliphatic carboxylic acids is 2. The van der Waals surface area contributed by atoms with Crippen LogP contribution in [0, 0.1) is 11.8 Å². The molecule has 4 heteroatoms. The number of carboxylic acid groups (broad SMARTS) is 2. The predicted octanol–water partition coefficient (Wildman–Crippen LogP) is 0.738. The molecule has 0 amide bonds. The van der Waals surface area contributed by atoms with Crippen LogP contribution in [0.1, 0.15) is 13.8 Å². The zero-order chi connectivity index (χ0) is 9.46. The monoisotopic (exact) mass is 170 g/mol. The molecule has 4 nitrogen and oxygen atoms in total. The standard InChI is InChI=1S/C8H10O4/c1-3-4(2)6(8(11)12)5(3)7(9)10/h5-6H,1-2H3,(H,9,10)(H,11,12). The summed E-state index contributed by atoms with van der Waals surface area (Å²) < 4.78 is 0. The summed E-state index contributed by atoms with van der Waals surface area (Å²) in [5, 5.41) is 17.3. The molecule has 0 radical (unpaired) electrons. The third-order valence-electron chi connectivity index (χ3n) is 2.42. The molecule has 1 rings (SSSR count). The molecule has 0 aromatic carbocycles. The molecule has 66 valence electrons. The van der Waals surface area contributed by atoms with Crippen LogP contribution in [0.4, 0.5) is 0 Å². The lowest BCUT2D eigenvalue weighted by Crippen LogP contribution is -2.39. The molecule has 12 heavy (non-hydrogen) atoms. The van der Waals surface area contributed by atoms with Crippen LogP contribution in [0.15, 0.2) is 11.1 Å². The van der Waals surface area contributed by atoms with Gasteiger partial charge in [-0.2, -0.15) is 0 Å². The van der Waals surface area contributed by atoms with Crippen LogP contribution in [0.2, 0.25) is 0 Å². The first-order valence-corrected chi connectivity index (χ1v) is 3.59. The Hall–Kier alpha value is -1.32. The van der Waals surface area contributed by atoms with Gasteiger partial charge in [0, 0.05) is 0 Å². The van der Waals surface area contributed by atoms with Crippen LogP contribution in [0.25, 0.3) is 0 Å². The molecule has 0 aromatic rings. The summed E-state index contributed by atoms with van der Waals surface area (Å²) in [4.78, 5) is 21.1. The maximum atomic E-state index is 10.6. The summed E-state index contributed by atoms with van der Waals surface area (Å²) in [6, 6.07) is 0. The van der Waals surface area contributed by atoms with Gasteiger partial charge in [0.1, 0.15) is 0 Å². The van der Waals surface area contributed by atoms with Gasteiger partial charge < -0.3 is 10.2 Å². The van der Waals surface area contributed by atoms with Crippen molar-refractivity contribution in [2.45, 2.75) is 13.8 Å². The average molecular weight is 170 g/mol. The summed E-state index contributed by atoms with van der Waals surface area (Å²) in [6.45, 7) is 3.32. The summed E-state index contributed by atoms with van der Waals surface area (Å²) in [5.41, 5.74) is 1.35. The Kier molecular flexibility index (Phi) is 1.92. The molecule has 0 spiro atoms. The maximum Gasteiger partial charge on any atom is 0.311 e. The van der Waals surface area contributed by atoms with Gasteiger partial charge in [0.15, 0.2) is 0 Å². The largest absolute Gasteiger partial charge is 0.481 e. The van der Waals surface area contributed by atoms with Crippen molar-refractivity contribution < 1.29 is 19.8 Å². The number of carboxylic acids is 2. The van der Waals surface area contributed by atoms with E-state index in [1.54, 1.807) is 13.8 Å². The second kappa shape index (κ2) is 2.62. The fourth-order valence-electron chi connectivity index (χ4n) is 1.55. The summed E-state index contributed by atoms with van der Waals surface area (Å²) in [5.74, 6) is -3.74. The average Bonchev–Trinajstić information content (AvgIpc) is 1.96. The number of hydrogen-bond donors (Lipinski definition) is 2. The molecule has 0 fully saturated rings. The Morgan fingerprint density at radius 2 is 1.25 bits per heavy atom. The topological polar surface area (TPSA) is 74.6 Å². The van der Waals surface area contributed by atoms with Crippen molar-refractivity contribution in [3.63, 3.8) is 0 Å². The lowest BCUT2D eigenvalue weighted by atomic mass is 9.69. The third kappa shape index (κ3) is 0.995. The van der Waals surface area contributed by atoms with Gasteiger partial charge in [-0.3, -0.25) is 9.59 Å². The molecule has 2 unspecified atom stereocenters. The van der Waals surface area contributed by atoms with Gasteiger partial charge in [-0.15, -0.1) is 0 Å². The minimum Gasteiger partial charge on any atom is -0.481 e. The van der Waals surface area contributed by atoms with E-state index < -0.39 is 23.8 Å². The highest BCUT2D eigenvalue weighted by molar-refractivity contribution is 5.88. The first-order valence-electron chi connectivity index (χ1n) is 3.59. The van der Waals surface area contributed by atoms with Gasteiger partial charge in [-0.05, 0) is 13.8 Å². The van der Waals surface area contributed by atoms with Crippen molar-refractivity contribution >= 4 is 11.9 Å². The van der Waals surface area contributed by atoms with Gasteiger partial charge in [-0.1, -0.05) is 11.1 Å². The van der Waals surface area contributed by atoms with E-state index in [1.165, 1.54) is 0 Å². The van der Waals surface area contributed by atoms with E-state index in [2.05, 4.69) is 0 Å². The first-order chi connectivity index (χ1) is 5.46. The minimum atomic E-state index is -1.05. The summed E-state index contributed by atoms with van der Waals surface area (Å²) >= 11 is 0. The number of carbonyl (C=O) groups is 2. The Labute approximate surface area is 69.5 Å². The molecule has 2 atom stereocenters. The Morgan fingerprint density at radius 3 is 1.42 bits per heavy atom. The fraction of sp³-hybridized carbons (Fsp3) is 0.500. The molecule has 0 heterocycles. The highest BCUT2D eigenvalue weighted by Crippen LogP contribution is 2.40. The van der Waals surface area contributed by atoms with Crippen molar-refractivity contribution in [3.8, 4) is 0 Å². The molecule has 0 saturated heterocycles. The molecule has 0 saturated carbocycles. The summed E-state index contributed by atoms with van der Waals surface area (Å²) in [6.07, 6.45) is 0. The SMILES string of the molecule is CC1=C(C)C(C(=O)O)C1C(=O)O. The van der Waals surface area contributed by atoms with Crippen LogP contribution in [0.3, 0.4) is 0 Å². The smallest absolute Gasteiger partial charge is 0.311 e. The van der Waals surface area contributed by atoms with E-state index in [-0.39, 0.29) is 0 Å². The zero-order valence-electron chi connectivity index (χ0n) is 6.87. The molecule has 0 aromatic heterocycles. The summed E-state index contributed by atoms with van der Waals surface area (Å²) in [7, 11) is 0. The molecule has 0 bridgehead atoms. The van der Waals surface area contributed by atoms with Crippen LogP contribution >= 0.6 is 0 Å². The van der Waals surface area contributed by atoms with Crippen LogP contribution in [0.5, 0.6) is 0 Å². The number of hydrogen-bond acceptors (Lipinski definition) is 2. The van der Waals surface area contributed by atoms with Gasteiger partial charge in [0.2, 0.25) is 0 Å². The van der Waals surface area contributed by atoms with Crippen molar-refractivity contribution in [1.29, 1.82) is 0 Å². The van der Waals surface area contributed by atoms with Gasteiger partial charge in [0.25, 0.3) is 0 Å². The lowest BCUT2D eigenvalue weighted by Gasteiger charge is -2.33. The normalized spacial score (nSPS) is 28.2. The van der Waals surface area contributed by atoms with Gasteiger partial charge >= 0.3 is 11.9 Å². The fourth-order valence-corrected chi connectivity index (χ4v) is 1.55. The van der Waals surface area contributed by atoms with E-state index in [0.29, 0.717) is 11.1 Å². The van der Waals surface area contributed by atoms with E-state index in [9.17, 15) is 9.59 Å². The molecule has 2 N–H and O–H groups in total. The maximum absolute atomic E-state index is 10.6. The molecular formula is C8H10O4. The van der Waals surface area contributed by atoms with Crippen molar-refractivity contribution in [2.75, 3.05) is 0 Å². The Morgan fingerprint density at radius 1 is 1.00 bits per heavy atom. The Balaban J connectivity index is 2.94. The Bertz CT molecular complexity index is 249. The lowest BCUT2D eigenvalue weighted by molar-refractivity contribution is -0.152. The quantitative estimate of drug-likeness (QED) is 0.599. The van der Waals surface area contributed by atoms with Crippen molar-refractivity contribution in [2.24, 2.45) is 11.8 Å². The van der Waals surface area contributed by atoms with E-state index in [4.69, 9.17) is 10.2 Å². The third-order valence-corrected chi connectivity index (χ3v) is 2.42. The van der Waals surface area contributed by atoms with Gasteiger partial charge in [-0.25, -0.2) is 0 Å². The van der Waals surface area contributed by atoms with Crippen molar-refractivity contribution in [1.82, 2.24) is 0 Å². The van der Waals surface area contributed by atoms with Gasteiger partial charge in [0.05, 0.1) is 11.8 Å². The molecule has 1 aliphatic carbocycles. The molecule has 1 aliphatic rings.